The van der Waals surface area contributed by atoms with Gasteiger partial charge in [0.1, 0.15) is 0 Å². The monoisotopic (exact) mass is 273 g/mol. The smallest absolute Gasteiger partial charge is 0.0558 e. The van der Waals surface area contributed by atoms with Gasteiger partial charge in [-0.15, -0.1) is 0 Å². The van der Waals surface area contributed by atoms with Gasteiger partial charge in [0.15, 0.2) is 0 Å². The Kier molecular flexibility index (Phi) is 6.17. The van der Waals surface area contributed by atoms with E-state index in [1.165, 1.54) is 0 Å². The Morgan fingerprint density at radius 2 is 1.88 bits per heavy atom. The Balaban J connectivity index is 2.60. The molecule has 0 aliphatic carbocycles. The molecule has 4 heteroatoms. The van der Waals surface area contributed by atoms with E-state index in [1.54, 1.807) is 12.1 Å². The maximum atomic E-state index is 12.2. The molecule has 0 saturated heterocycles. The van der Waals surface area contributed by atoms with Crippen LogP contribution in [-0.4, -0.2) is 22.0 Å². The van der Waals surface area contributed by atoms with Crippen molar-refractivity contribution in [2.45, 2.75) is 43.4 Å². The maximum Gasteiger partial charge on any atom is 0.0558 e. The molecule has 0 aliphatic heterocycles. The molecule has 0 fully saturated rings. The standard InChI is InChI=1S/C13H20ClNOS/c1-4-15-10(2)9-11(3)17(16)13-7-5-12(14)6-8-13/h5-8,10-11,15H,4,9H2,1-3H3. The number of benzene rings is 1. The average Bonchev–Trinajstić information content (AvgIpc) is 2.29. The highest BCUT2D eigenvalue weighted by molar-refractivity contribution is 7.85. The van der Waals surface area contributed by atoms with Gasteiger partial charge < -0.3 is 5.32 Å². The second-order valence-corrected chi connectivity index (χ2v) is 6.56. The molecule has 1 aromatic rings. The third kappa shape index (κ3) is 4.78. The fraction of sp³-hybridized carbons (Fsp3) is 0.538. The van der Waals surface area contributed by atoms with Crippen molar-refractivity contribution < 1.29 is 4.21 Å². The van der Waals surface area contributed by atoms with Crippen molar-refractivity contribution >= 4 is 22.4 Å². The molecule has 0 spiro atoms. The SMILES string of the molecule is CCNC(C)CC(C)S(=O)c1ccc(Cl)cc1. The van der Waals surface area contributed by atoms with E-state index in [-0.39, 0.29) is 5.25 Å². The van der Waals surface area contributed by atoms with Crippen LogP contribution >= 0.6 is 11.6 Å². The van der Waals surface area contributed by atoms with Gasteiger partial charge in [-0.3, -0.25) is 4.21 Å². The van der Waals surface area contributed by atoms with Gasteiger partial charge >= 0.3 is 0 Å². The van der Waals surface area contributed by atoms with Gasteiger partial charge in [0, 0.05) is 21.2 Å². The van der Waals surface area contributed by atoms with Gasteiger partial charge in [-0.05, 0) is 44.2 Å². The third-order valence-corrected chi connectivity index (χ3v) is 4.56. The quantitative estimate of drug-likeness (QED) is 0.862. The molecular formula is C13H20ClNOS. The molecule has 2 nitrogen and oxygen atoms in total. The summed E-state index contributed by atoms with van der Waals surface area (Å²) in [5.41, 5.74) is 0. The van der Waals surface area contributed by atoms with Crippen LogP contribution in [0.3, 0.4) is 0 Å². The van der Waals surface area contributed by atoms with E-state index < -0.39 is 10.8 Å². The summed E-state index contributed by atoms with van der Waals surface area (Å²) in [7, 11) is -0.959. The van der Waals surface area contributed by atoms with Gasteiger partial charge in [0.2, 0.25) is 0 Å². The number of hydrogen-bond acceptors (Lipinski definition) is 2. The largest absolute Gasteiger partial charge is 0.314 e. The first-order chi connectivity index (χ1) is 8.04. The van der Waals surface area contributed by atoms with E-state index in [1.807, 2.05) is 19.1 Å². The highest BCUT2D eigenvalue weighted by Crippen LogP contribution is 2.17. The summed E-state index contributed by atoms with van der Waals surface area (Å²) >= 11 is 5.81. The molecule has 96 valence electrons. The van der Waals surface area contributed by atoms with E-state index in [9.17, 15) is 4.21 Å². The summed E-state index contributed by atoms with van der Waals surface area (Å²) in [6, 6.07) is 7.65. The molecule has 0 bridgehead atoms. The molecule has 0 aliphatic rings. The lowest BCUT2D eigenvalue weighted by molar-refractivity contribution is 0.524. The van der Waals surface area contributed by atoms with Gasteiger partial charge in [0.25, 0.3) is 0 Å². The van der Waals surface area contributed by atoms with E-state index in [0.717, 1.165) is 17.9 Å². The summed E-state index contributed by atoms with van der Waals surface area (Å²) in [5, 5.41) is 4.16. The number of nitrogens with one attached hydrogen (secondary N) is 1. The third-order valence-electron chi connectivity index (χ3n) is 2.65. The molecular weight excluding hydrogens is 254 g/mol. The lowest BCUT2D eigenvalue weighted by atomic mass is 10.2. The summed E-state index contributed by atoms with van der Waals surface area (Å²) in [4.78, 5) is 0.852. The summed E-state index contributed by atoms with van der Waals surface area (Å²) < 4.78 is 12.2. The van der Waals surface area contributed by atoms with Crippen LogP contribution in [-0.2, 0) is 10.8 Å². The average molecular weight is 274 g/mol. The van der Waals surface area contributed by atoms with Crippen LogP contribution in [0.5, 0.6) is 0 Å². The first-order valence-electron chi connectivity index (χ1n) is 5.94. The van der Waals surface area contributed by atoms with E-state index >= 15 is 0 Å². The summed E-state index contributed by atoms with van der Waals surface area (Å²) in [5.74, 6) is 0. The van der Waals surface area contributed by atoms with E-state index in [4.69, 9.17) is 11.6 Å². The molecule has 0 saturated carbocycles. The Morgan fingerprint density at radius 3 is 2.41 bits per heavy atom. The zero-order valence-corrected chi connectivity index (χ0v) is 12.1. The number of rotatable bonds is 6. The van der Waals surface area contributed by atoms with Gasteiger partial charge in [-0.1, -0.05) is 25.4 Å². The Morgan fingerprint density at radius 1 is 1.29 bits per heavy atom. The van der Waals surface area contributed by atoms with Crippen molar-refractivity contribution in [1.82, 2.24) is 5.32 Å². The summed E-state index contributed by atoms with van der Waals surface area (Å²) in [6.07, 6.45) is 0.906. The second kappa shape index (κ2) is 7.14. The molecule has 0 aromatic heterocycles. The lowest BCUT2D eigenvalue weighted by Crippen LogP contribution is -2.30. The predicted octanol–water partition coefficient (Wildman–Crippen LogP) is 3.22. The molecule has 1 N–H and O–H groups in total. The molecule has 3 unspecified atom stereocenters. The highest BCUT2D eigenvalue weighted by Gasteiger charge is 2.16. The minimum absolute atomic E-state index is 0.144. The zero-order chi connectivity index (χ0) is 12.8. The van der Waals surface area contributed by atoms with Gasteiger partial charge in [0.05, 0.1) is 10.8 Å². The van der Waals surface area contributed by atoms with Crippen LogP contribution in [0.4, 0.5) is 0 Å². The minimum atomic E-state index is -0.959. The Labute approximate surface area is 111 Å². The van der Waals surface area contributed by atoms with Crippen molar-refractivity contribution in [3.05, 3.63) is 29.3 Å². The molecule has 17 heavy (non-hydrogen) atoms. The molecule has 1 rings (SSSR count). The van der Waals surface area contributed by atoms with Gasteiger partial charge in [-0.25, -0.2) is 0 Å². The lowest BCUT2D eigenvalue weighted by Gasteiger charge is -2.17. The van der Waals surface area contributed by atoms with Crippen molar-refractivity contribution in [3.8, 4) is 0 Å². The summed E-state index contributed by atoms with van der Waals surface area (Å²) in [6.45, 7) is 7.18. The van der Waals surface area contributed by atoms with Crippen LogP contribution in [0.1, 0.15) is 27.2 Å². The van der Waals surface area contributed by atoms with Crippen LogP contribution in [0.2, 0.25) is 5.02 Å². The fourth-order valence-electron chi connectivity index (χ4n) is 1.82. The van der Waals surface area contributed by atoms with Crippen molar-refractivity contribution in [2.24, 2.45) is 0 Å². The molecule has 0 radical (unpaired) electrons. The Bertz CT molecular complexity index is 366. The zero-order valence-electron chi connectivity index (χ0n) is 10.6. The van der Waals surface area contributed by atoms with Crippen molar-refractivity contribution in [2.75, 3.05) is 6.54 Å². The van der Waals surface area contributed by atoms with E-state index in [2.05, 4.69) is 19.2 Å². The normalized spacial score (nSPS) is 16.5. The van der Waals surface area contributed by atoms with Crippen molar-refractivity contribution in [1.29, 1.82) is 0 Å². The molecule has 0 heterocycles. The molecule has 3 atom stereocenters. The highest BCUT2D eigenvalue weighted by atomic mass is 35.5. The topological polar surface area (TPSA) is 29.1 Å². The second-order valence-electron chi connectivity index (χ2n) is 4.26. The Hall–Kier alpha value is -0.380. The maximum absolute atomic E-state index is 12.2. The molecule has 0 amide bonds. The molecule has 1 aromatic carbocycles. The van der Waals surface area contributed by atoms with Crippen LogP contribution in [0.25, 0.3) is 0 Å². The number of hydrogen-bond donors (Lipinski definition) is 1. The van der Waals surface area contributed by atoms with Crippen LogP contribution in [0, 0.1) is 0 Å². The van der Waals surface area contributed by atoms with Crippen LogP contribution < -0.4 is 5.32 Å². The first-order valence-corrected chi connectivity index (χ1v) is 7.53. The number of halogens is 1. The van der Waals surface area contributed by atoms with Crippen LogP contribution in [0.15, 0.2) is 29.2 Å². The van der Waals surface area contributed by atoms with Crippen molar-refractivity contribution in [3.63, 3.8) is 0 Å². The first kappa shape index (κ1) is 14.7. The fourth-order valence-corrected chi connectivity index (χ4v) is 3.28. The predicted molar refractivity (Wildman–Crippen MR) is 75.1 cm³/mol. The van der Waals surface area contributed by atoms with E-state index in [0.29, 0.717) is 11.1 Å². The van der Waals surface area contributed by atoms with Gasteiger partial charge in [-0.2, -0.15) is 0 Å². The minimum Gasteiger partial charge on any atom is -0.314 e.